The molecular formula is C24H33NO3. The van der Waals surface area contributed by atoms with Gasteiger partial charge in [-0.05, 0) is 43.4 Å². The van der Waals surface area contributed by atoms with Crippen molar-refractivity contribution in [3.63, 3.8) is 0 Å². The van der Waals surface area contributed by atoms with Crippen molar-refractivity contribution in [2.75, 3.05) is 26.3 Å². The summed E-state index contributed by atoms with van der Waals surface area (Å²) in [5, 5.41) is 10.6. The smallest absolute Gasteiger partial charge is 0.0900 e. The molecule has 2 atom stereocenters. The molecule has 0 bridgehead atoms. The van der Waals surface area contributed by atoms with Gasteiger partial charge < -0.3 is 14.6 Å². The highest BCUT2D eigenvalue weighted by Crippen LogP contribution is 2.18. The Hall–Kier alpha value is -1.72. The van der Waals surface area contributed by atoms with Crippen LogP contribution in [0.5, 0.6) is 0 Å². The molecule has 0 spiro atoms. The van der Waals surface area contributed by atoms with Crippen molar-refractivity contribution < 1.29 is 14.6 Å². The summed E-state index contributed by atoms with van der Waals surface area (Å²) in [4.78, 5) is 2.31. The maximum absolute atomic E-state index is 10.6. The van der Waals surface area contributed by atoms with Crippen molar-refractivity contribution in [3.8, 4) is 0 Å². The van der Waals surface area contributed by atoms with Gasteiger partial charge in [-0.1, -0.05) is 54.1 Å². The molecule has 0 radical (unpaired) electrons. The standard InChI is InChI=1S/C24H33NO3/c1-19-10-11-22(20(2)13-19)14-25(16-24-9-6-12-28-24)15-23(26)18-27-17-21-7-4-3-5-8-21/h3-5,7-8,10-11,13,23-24,26H,6,9,12,14-18H2,1-2H3. The molecular weight excluding hydrogens is 350 g/mol. The summed E-state index contributed by atoms with van der Waals surface area (Å²) in [6, 6.07) is 16.7. The Bertz CT molecular complexity index is 713. The molecule has 1 aliphatic rings. The third kappa shape index (κ3) is 6.71. The Kier molecular flexibility index (Phi) is 8.04. The van der Waals surface area contributed by atoms with Gasteiger partial charge in [0.2, 0.25) is 0 Å². The van der Waals surface area contributed by atoms with Crippen LogP contribution in [0, 0.1) is 13.8 Å². The van der Waals surface area contributed by atoms with Crippen LogP contribution in [0.1, 0.15) is 35.1 Å². The third-order valence-electron chi connectivity index (χ3n) is 5.27. The van der Waals surface area contributed by atoms with Crippen LogP contribution >= 0.6 is 0 Å². The third-order valence-corrected chi connectivity index (χ3v) is 5.27. The van der Waals surface area contributed by atoms with E-state index in [9.17, 15) is 5.11 Å². The molecule has 0 amide bonds. The SMILES string of the molecule is Cc1ccc(CN(CC(O)COCc2ccccc2)CC2CCCO2)c(C)c1. The molecule has 0 aromatic heterocycles. The zero-order chi connectivity index (χ0) is 19.8. The van der Waals surface area contributed by atoms with Crippen molar-refractivity contribution in [2.24, 2.45) is 0 Å². The minimum atomic E-state index is -0.518. The molecule has 4 heteroatoms. The molecule has 1 heterocycles. The highest BCUT2D eigenvalue weighted by Gasteiger charge is 2.21. The average molecular weight is 384 g/mol. The van der Waals surface area contributed by atoms with Gasteiger partial charge in [0.15, 0.2) is 0 Å². The number of hydrogen-bond acceptors (Lipinski definition) is 4. The van der Waals surface area contributed by atoms with E-state index in [1.165, 1.54) is 16.7 Å². The molecule has 0 aliphatic carbocycles. The number of nitrogens with zero attached hydrogens (tertiary/aromatic N) is 1. The number of benzene rings is 2. The summed E-state index contributed by atoms with van der Waals surface area (Å²) in [7, 11) is 0. The van der Waals surface area contributed by atoms with E-state index in [-0.39, 0.29) is 6.10 Å². The summed E-state index contributed by atoms with van der Waals surface area (Å²) in [5.74, 6) is 0. The van der Waals surface area contributed by atoms with E-state index in [0.717, 1.165) is 38.1 Å². The summed E-state index contributed by atoms with van der Waals surface area (Å²) in [6.07, 6.45) is 1.98. The fraction of sp³-hybridized carbons (Fsp3) is 0.500. The van der Waals surface area contributed by atoms with E-state index >= 15 is 0 Å². The lowest BCUT2D eigenvalue weighted by Crippen LogP contribution is -2.39. The molecule has 1 aliphatic heterocycles. The van der Waals surface area contributed by atoms with Crippen molar-refractivity contribution >= 4 is 0 Å². The molecule has 1 saturated heterocycles. The average Bonchev–Trinajstić information content (AvgIpc) is 3.18. The second-order valence-corrected chi connectivity index (χ2v) is 7.91. The first-order chi connectivity index (χ1) is 13.6. The molecule has 1 fully saturated rings. The van der Waals surface area contributed by atoms with Gasteiger partial charge in [-0.2, -0.15) is 0 Å². The lowest BCUT2D eigenvalue weighted by Gasteiger charge is -2.28. The Labute approximate surface area is 169 Å². The molecule has 1 N–H and O–H groups in total. The Balaban J connectivity index is 1.54. The quantitative estimate of drug-likeness (QED) is 0.676. The molecule has 3 rings (SSSR count). The number of aliphatic hydroxyl groups excluding tert-OH is 1. The van der Waals surface area contributed by atoms with Crippen LogP contribution in [0.15, 0.2) is 48.5 Å². The maximum Gasteiger partial charge on any atom is 0.0900 e. The van der Waals surface area contributed by atoms with Gasteiger partial charge in [0, 0.05) is 26.2 Å². The van der Waals surface area contributed by atoms with Crippen LogP contribution in [0.3, 0.4) is 0 Å². The first kappa shape index (κ1) is 21.0. The predicted octanol–water partition coefficient (Wildman–Crippen LogP) is 3.86. The van der Waals surface area contributed by atoms with Crippen molar-refractivity contribution in [1.29, 1.82) is 0 Å². The molecule has 2 aromatic rings. The van der Waals surface area contributed by atoms with Gasteiger partial charge in [-0.25, -0.2) is 0 Å². The zero-order valence-electron chi connectivity index (χ0n) is 17.1. The van der Waals surface area contributed by atoms with E-state index in [1.807, 2.05) is 30.3 Å². The lowest BCUT2D eigenvalue weighted by molar-refractivity contribution is -0.00291. The second-order valence-electron chi connectivity index (χ2n) is 7.91. The minimum absolute atomic E-state index is 0.267. The monoisotopic (exact) mass is 383 g/mol. The van der Waals surface area contributed by atoms with Gasteiger partial charge in [-0.3, -0.25) is 4.90 Å². The van der Waals surface area contributed by atoms with Crippen LogP contribution in [-0.2, 0) is 22.6 Å². The van der Waals surface area contributed by atoms with E-state index in [2.05, 4.69) is 36.9 Å². The Morgan fingerprint density at radius 1 is 1.18 bits per heavy atom. The fourth-order valence-electron chi connectivity index (χ4n) is 3.78. The molecule has 2 unspecified atom stereocenters. The molecule has 2 aromatic carbocycles. The van der Waals surface area contributed by atoms with Crippen LogP contribution in [0.2, 0.25) is 0 Å². The van der Waals surface area contributed by atoms with Crippen LogP contribution in [-0.4, -0.2) is 48.5 Å². The fourth-order valence-corrected chi connectivity index (χ4v) is 3.78. The molecule has 28 heavy (non-hydrogen) atoms. The van der Waals surface area contributed by atoms with Crippen molar-refractivity contribution in [3.05, 3.63) is 70.8 Å². The molecule has 0 saturated carbocycles. The summed E-state index contributed by atoms with van der Waals surface area (Å²) in [6.45, 7) is 8.25. The van der Waals surface area contributed by atoms with Gasteiger partial charge >= 0.3 is 0 Å². The van der Waals surface area contributed by atoms with Gasteiger partial charge in [0.05, 0.1) is 25.4 Å². The first-order valence-corrected chi connectivity index (χ1v) is 10.3. The van der Waals surface area contributed by atoms with Gasteiger partial charge in [0.1, 0.15) is 0 Å². The minimum Gasteiger partial charge on any atom is -0.389 e. The largest absolute Gasteiger partial charge is 0.389 e. The summed E-state index contributed by atoms with van der Waals surface area (Å²) >= 11 is 0. The number of ether oxygens (including phenoxy) is 2. The highest BCUT2D eigenvalue weighted by molar-refractivity contribution is 5.30. The number of rotatable bonds is 10. The van der Waals surface area contributed by atoms with Gasteiger partial charge in [-0.15, -0.1) is 0 Å². The highest BCUT2D eigenvalue weighted by atomic mass is 16.5. The molecule has 152 valence electrons. The summed E-state index contributed by atoms with van der Waals surface area (Å²) in [5.41, 5.74) is 5.01. The zero-order valence-corrected chi connectivity index (χ0v) is 17.1. The number of aliphatic hydroxyl groups is 1. The van der Waals surface area contributed by atoms with Crippen molar-refractivity contribution in [1.82, 2.24) is 4.90 Å². The van der Waals surface area contributed by atoms with Crippen LogP contribution in [0.4, 0.5) is 0 Å². The van der Waals surface area contributed by atoms with Crippen LogP contribution in [0.25, 0.3) is 0 Å². The topological polar surface area (TPSA) is 41.9 Å². The maximum atomic E-state index is 10.6. The van der Waals surface area contributed by atoms with E-state index in [0.29, 0.717) is 19.8 Å². The Morgan fingerprint density at radius 2 is 2.00 bits per heavy atom. The van der Waals surface area contributed by atoms with Crippen molar-refractivity contribution in [2.45, 2.75) is 52.0 Å². The second kappa shape index (κ2) is 10.7. The van der Waals surface area contributed by atoms with Crippen LogP contribution < -0.4 is 0 Å². The number of hydrogen-bond donors (Lipinski definition) is 1. The van der Waals surface area contributed by atoms with E-state index < -0.39 is 6.10 Å². The number of aryl methyl sites for hydroxylation is 2. The first-order valence-electron chi connectivity index (χ1n) is 10.3. The van der Waals surface area contributed by atoms with Gasteiger partial charge in [0.25, 0.3) is 0 Å². The Morgan fingerprint density at radius 3 is 2.71 bits per heavy atom. The predicted molar refractivity (Wildman–Crippen MR) is 112 cm³/mol. The molecule has 4 nitrogen and oxygen atoms in total. The van der Waals surface area contributed by atoms with E-state index in [1.54, 1.807) is 0 Å². The summed E-state index contributed by atoms with van der Waals surface area (Å²) < 4.78 is 11.6. The lowest BCUT2D eigenvalue weighted by atomic mass is 10.0. The van der Waals surface area contributed by atoms with E-state index in [4.69, 9.17) is 9.47 Å². The normalized spacial score (nSPS) is 17.9.